The van der Waals surface area contributed by atoms with Crippen molar-refractivity contribution in [1.82, 2.24) is 5.32 Å². The predicted molar refractivity (Wildman–Crippen MR) is 72.2 cm³/mol. The van der Waals surface area contributed by atoms with E-state index in [4.69, 9.17) is 17.3 Å². The minimum Gasteiger partial charge on any atom is -0.399 e. The summed E-state index contributed by atoms with van der Waals surface area (Å²) in [6, 6.07) is 5.01. The Hall–Kier alpha value is -1.22. The molecule has 0 aliphatic rings. The third kappa shape index (κ3) is 4.65. The van der Waals surface area contributed by atoms with Crippen molar-refractivity contribution in [3.63, 3.8) is 0 Å². The molecule has 1 rings (SSSR count). The number of benzene rings is 1. The maximum absolute atomic E-state index is 11.9. The summed E-state index contributed by atoms with van der Waals surface area (Å²) in [6.45, 7) is 6.24. The average molecular weight is 255 g/mol. The molecule has 0 bridgehead atoms. The zero-order chi connectivity index (χ0) is 13.0. The van der Waals surface area contributed by atoms with Crippen molar-refractivity contribution in [2.75, 3.05) is 5.73 Å². The molecule has 1 atom stereocenters. The molecule has 0 fully saturated rings. The number of nitrogens with one attached hydrogen (secondary N) is 1. The van der Waals surface area contributed by atoms with E-state index < -0.39 is 0 Å². The molecule has 0 saturated carbocycles. The van der Waals surface area contributed by atoms with Crippen LogP contribution in [0.3, 0.4) is 0 Å². The molecule has 1 amide bonds. The lowest BCUT2D eigenvalue weighted by molar-refractivity contribution is 0.0936. The number of carbonyl (C=O) groups is 1. The van der Waals surface area contributed by atoms with E-state index in [-0.39, 0.29) is 11.9 Å². The fourth-order valence-corrected chi connectivity index (χ4v) is 2.06. The molecule has 3 N–H and O–H groups in total. The Morgan fingerprint density at radius 1 is 1.35 bits per heavy atom. The monoisotopic (exact) mass is 254 g/mol. The lowest BCUT2D eigenvalue weighted by Crippen LogP contribution is -2.33. The third-order valence-corrected chi connectivity index (χ3v) is 2.60. The van der Waals surface area contributed by atoms with Crippen LogP contribution in [0.5, 0.6) is 0 Å². The standard InChI is InChI=1S/C13H19ClN2O/c1-8(2)4-9(3)16-13(17)10-5-11(14)7-12(15)6-10/h5-9H,4,15H2,1-3H3,(H,16,17). The highest BCUT2D eigenvalue weighted by Crippen LogP contribution is 2.17. The van der Waals surface area contributed by atoms with Crippen molar-refractivity contribution in [2.45, 2.75) is 33.2 Å². The largest absolute Gasteiger partial charge is 0.399 e. The summed E-state index contributed by atoms with van der Waals surface area (Å²) in [5, 5.41) is 3.41. The molecule has 17 heavy (non-hydrogen) atoms. The number of anilines is 1. The molecule has 3 nitrogen and oxygen atoms in total. The van der Waals surface area contributed by atoms with E-state index in [0.29, 0.717) is 22.2 Å². The molecule has 0 spiro atoms. The van der Waals surface area contributed by atoms with Gasteiger partial charge in [-0.1, -0.05) is 25.4 Å². The van der Waals surface area contributed by atoms with E-state index in [1.54, 1.807) is 18.2 Å². The number of carbonyl (C=O) groups excluding carboxylic acids is 1. The predicted octanol–water partition coefficient (Wildman–Crippen LogP) is 3.09. The van der Waals surface area contributed by atoms with Gasteiger partial charge in [0.2, 0.25) is 0 Å². The Labute approximate surface area is 107 Å². The molecule has 0 aromatic heterocycles. The summed E-state index contributed by atoms with van der Waals surface area (Å²) >= 11 is 5.86. The first kappa shape index (κ1) is 13.8. The first-order chi connectivity index (χ1) is 7.88. The lowest BCUT2D eigenvalue weighted by atomic mass is 10.0. The average Bonchev–Trinajstić information content (AvgIpc) is 2.14. The van der Waals surface area contributed by atoms with Crippen molar-refractivity contribution in [3.05, 3.63) is 28.8 Å². The maximum atomic E-state index is 11.9. The number of nitrogen functional groups attached to an aromatic ring is 1. The van der Waals surface area contributed by atoms with E-state index >= 15 is 0 Å². The van der Waals surface area contributed by atoms with Crippen LogP contribution in [0.2, 0.25) is 5.02 Å². The van der Waals surface area contributed by atoms with Gasteiger partial charge < -0.3 is 11.1 Å². The molecule has 0 aliphatic carbocycles. The molecule has 1 unspecified atom stereocenters. The van der Waals surface area contributed by atoms with Gasteiger partial charge in [-0.2, -0.15) is 0 Å². The number of halogens is 1. The Morgan fingerprint density at radius 2 is 2.00 bits per heavy atom. The quantitative estimate of drug-likeness (QED) is 0.812. The first-order valence-corrected chi connectivity index (χ1v) is 6.13. The number of hydrogen-bond acceptors (Lipinski definition) is 2. The minimum absolute atomic E-state index is 0.132. The van der Waals surface area contributed by atoms with Gasteiger partial charge in [0.15, 0.2) is 0 Å². The van der Waals surface area contributed by atoms with E-state index in [9.17, 15) is 4.79 Å². The smallest absolute Gasteiger partial charge is 0.251 e. The van der Waals surface area contributed by atoms with Crippen LogP contribution in [0.15, 0.2) is 18.2 Å². The second kappa shape index (κ2) is 5.92. The van der Waals surface area contributed by atoms with Gasteiger partial charge in [0.1, 0.15) is 0 Å². The van der Waals surface area contributed by atoms with Crippen molar-refractivity contribution >= 4 is 23.2 Å². The van der Waals surface area contributed by atoms with Gasteiger partial charge >= 0.3 is 0 Å². The molecular formula is C13H19ClN2O. The van der Waals surface area contributed by atoms with Crippen molar-refractivity contribution in [1.29, 1.82) is 0 Å². The zero-order valence-electron chi connectivity index (χ0n) is 10.5. The van der Waals surface area contributed by atoms with Crippen molar-refractivity contribution in [2.24, 2.45) is 5.92 Å². The van der Waals surface area contributed by atoms with E-state index in [1.165, 1.54) is 0 Å². The van der Waals surface area contributed by atoms with Crippen LogP contribution in [0.1, 0.15) is 37.6 Å². The second-order valence-electron chi connectivity index (χ2n) is 4.78. The second-order valence-corrected chi connectivity index (χ2v) is 5.21. The Morgan fingerprint density at radius 3 is 2.53 bits per heavy atom. The molecular weight excluding hydrogens is 236 g/mol. The third-order valence-electron chi connectivity index (χ3n) is 2.38. The van der Waals surface area contributed by atoms with Gasteiger partial charge in [-0.3, -0.25) is 4.79 Å². The highest BCUT2D eigenvalue weighted by Gasteiger charge is 2.11. The molecule has 0 heterocycles. The van der Waals surface area contributed by atoms with Crippen LogP contribution in [0, 0.1) is 5.92 Å². The number of rotatable bonds is 4. The van der Waals surface area contributed by atoms with Crippen molar-refractivity contribution in [3.8, 4) is 0 Å². The Kier molecular flexibility index (Phi) is 4.82. The summed E-state index contributed by atoms with van der Waals surface area (Å²) in [5.74, 6) is 0.419. The number of hydrogen-bond donors (Lipinski definition) is 2. The first-order valence-electron chi connectivity index (χ1n) is 5.75. The van der Waals surface area contributed by atoms with Crippen LogP contribution in [0.25, 0.3) is 0 Å². The number of nitrogens with two attached hydrogens (primary N) is 1. The molecule has 4 heteroatoms. The summed E-state index contributed by atoms with van der Waals surface area (Å²) in [6.07, 6.45) is 0.946. The normalized spacial score (nSPS) is 12.5. The van der Waals surface area contributed by atoms with Crippen LogP contribution < -0.4 is 11.1 Å². The van der Waals surface area contributed by atoms with Crippen LogP contribution in [-0.2, 0) is 0 Å². The van der Waals surface area contributed by atoms with E-state index in [1.807, 2.05) is 6.92 Å². The molecule has 0 saturated heterocycles. The number of amides is 1. The van der Waals surface area contributed by atoms with Gasteiger partial charge in [-0.25, -0.2) is 0 Å². The van der Waals surface area contributed by atoms with Crippen LogP contribution in [-0.4, -0.2) is 11.9 Å². The lowest BCUT2D eigenvalue weighted by Gasteiger charge is -2.16. The molecule has 0 aliphatic heterocycles. The highest BCUT2D eigenvalue weighted by molar-refractivity contribution is 6.31. The summed E-state index contributed by atoms with van der Waals surface area (Å²) in [7, 11) is 0. The van der Waals surface area contributed by atoms with Crippen LogP contribution in [0.4, 0.5) is 5.69 Å². The van der Waals surface area contributed by atoms with Gasteiger partial charge in [-0.05, 0) is 37.5 Å². The van der Waals surface area contributed by atoms with Gasteiger partial charge in [0, 0.05) is 22.3 Å². The summed E-state index contributed by atoms with van der Waals surface area (Å²) in [5.41, 5.74) is 6.65. The molecule has 94 valence electrons. The maximum Gasteiger partial charge on any atom is 0.251 e. The Bertz CT molecular complexity index is 384. The highest BCUT2D eigenvalue weighted by atomic mass is 35.5. The topological polar surface area (TPSA) is 55.1 Å². The van der Waals surface area contributed by atoms with Crippen molar-refractivity contribution < 1.29 is 4.79 Å². The summed E-state index contributed by atoms with van der Waals surface area (Å²) in [4.78, 5) is 11.9. The zero-order valence-corrected chi connectivity index (χ0v) is 11.2. The van der Waals surface area contributed by atoms with Gasteiger partial charge in [0.05, 0.1) is 0 Å². The fraction of sp³-hybridized carbons (Fsp3) is 0.462. The Balaban J connectivity index is 2.69. The van der Waals surface area contributed by atoms with Gasteiger partial charge in [0.25, 0.3) is 5.91 Å². The van der Waals surface area contributed by atoms with E-state index in [0.717, 1.165) is 6.42 Å². The molecule has 1 aromatic rings. The van der Waals surface area contributed by atoms with Crippen LogP contribution >= 0.6 is 11.6 Å². The van der Waals surface area contributed by atoms with Gasteiger partial charge in [-0.15, -0.1) is 0 Å². The SMILES string of the molecule is CC(C)CC(C)NC(=O)c1cc(N)cc(Cl)c1. The molecule has 0 radical (unpaired) electrons. The molecule has 1 aromatic carbocycles. The minimum atomic E-state index is -0.132. The summed E-state index contributed by atoms with van der Waals surface area (Å²) < 4.78 is 0. The fourth-order valence-electron chi connectivity index (χ4n) is 1.82. The van der Waals surface area contributed by atoms with E-state index in [2.05, 4.69) is 19.2 Å².